The lowest BCUT2D eigenvalue weighted by Gasteiger charge is -2.07. The second kappa shape index (κ2) is 6.90. The van der Waals surface area contributed by atoms with Crippen molar-refractivity contribution in [3.63, 3.8) is 0 Å². The van der Waals surface area contributed by atoms with E-state index in [0.29, 0.717) is 36.0 Å². The van der Waals surface area contributed by atoms with Gasteiger partial charge in [0.25, 0.3) is 0 Å². The van der Waals surface area contributed by atoms with Gasteiger partial charge < -0.3 is 11.1 Å². The summed E-state index contributed by atoms with van der Waals surface area (Å²) in [5.74, 6) is 1.52. The zero-order valence-electron chi connectivity index (χ0n) is 14.1. The van der Waals surface area contributed by atoms with Crippen molar-refractivity contribution in [3.8, 4) is 5.95 Å². The minimum atomic E-state index is 0.212. The van der Waals surface area contributed by atoms with Crippen molar-refractivity contribution in [2.75, 3.05) is 11.1 Å². The van der Waals surface area contributed by atoms with Crippen LogP contribution < -0.4 is 11.1 Å². The summed E-state index contributed by atoms with van der Waals surface area (Å²) in [4.78, 5) is 13.5. The van der Waals surface area contributed by atoms with E-state index < -0.39 is 0 Å². The molecule has 9 heteroatoms. The first kappa shape index (κ1) is 16.8. The molecule has 132 valence electrons. The summed E-state index contributed by atoms with van der Waals surface area (Å²) in [6.07, 6.45) is 3.70. The standard InChI is InChI=1S/C17H17IN8/c1-2-25-15-13(22-17(25)26-10-12(18)9-21-26)14(23-16(19)24-15)20-8-11-6-4-3-5-7-11/h3-7,9-10H,2,8H2,1H3,(H3,19,20,23,24). The molecule has 1 aromatic carbocycles. The first-order valence-corrected chi connectivity index (χ1v) is 9.25. The van der Waals surface area contributed by atoms with Gasteiger partial charge in [0.2, 0.25) is 11.9 Å². The van der Waals surface area contributed by atoms with E-state index in [4.69, 9.17) is 10.7 Å². The molecule has 0 aliphatic rings. The molecule has 0 fully saturated rings. The number of imidazole rings is 1. The van der Waals surface area contributed by atoms with Crippen LogP contribution in [0.2, 0.25) is 0 Å². The number of hydrogen-bond donors (Lipinski definition) is 2. The van der Waals surface area contributed by atoms with Crippen LogP contribution in [0, 0.1) is 3.57 Å². The van der Waals surface area contributed by atoms with Crippen LogP contribution in [0.1, 0.15) is 12.5 Å². The Hall–Kier alpha value is -2.69. The van der Waals surface area contributed by atoms with Gasteiger partial charge in [-0.05, 0) is 35.1 Å². The minimum Gasteiger partial charge on any atom is -0.368 e. The third-order valence-electron chi connectivity index (χ3n) is 3.97. The molecule has 4 rings (SSSR count). The lowest BCUT2D eigenvalue weighted by molar-refractivity contribution is 0.697. The maximum Gasteiger partial charge on any atom is 0.233 e. The molecule has 3 N–H and O–H groups in total. The Morgan fingerprint density at radius 2 is 1.96 bits per heavy atom. The Balaban J connectivity index is 1.79. The second-order valence-electron chi connectivity index (χ2n) is 5.70. The molecule has 0 amide bonds. The molecule has 3 heterocycles. The van der Waals surface area contributed by atoms with E-state index in [9.17, 15) is 0 Å². The summed E-state index contributed by atoms with van der Waals surface area (Å²) in [5, 5.41) is 7.69. The first-order valence-electron chi connectivity index (χ1n) is 8.17. The molecule has 0 radical (unpaired) electrons. The molecular weight excluding hydrogens is 443 g/mol. The van der Waals surface area contributed by atoms with Crippen LogP contribution in [0.5, 0.6) is 0 Å². The van der Waals surface area contributed by atoms with E-state index in [2.05, 4.69) is 55.1 Å². The van der Waals surface area contributed by atoms with Gasteiger partial charge in [0.15, 0.2) is 17.0 Å². The number of aromatic nitrogens is 6. The number of nitrogens with two attached hydrogens (primary N) is 1. The molecule has 4 aromatic rings. The van der Waals surface area contributed by atoms with Gasteiger partial charge in [0.05, 0.1) is 9.77 Å². The van der Waals surface area contributed by atoms with Crippen LogP contribution in [-0.2, 0) is 13.1 Å². The van der Waals surface area contributed by atoms with E-state index in [1.165, 1.54) is 0 Å². The number of hydrogen-bond acceptors (Lipinski definition) is 6. The van der Waals surface area contributed by atoms with E-state index in [-0.39, 0.29) is 5.95 Å². The van der Waals surface area contributed by atoms with Crippen LogP contribution in [0.25, 0.3) is 17.1 Å². The largest absolute Gasteiger partial charge is 0.368 e. The molecule has 3 aromatic heterocycles. The predicted molar refractivity (Wildman–Crippen MR) is 109 cm³/mol. The third kappa shape index (κ3) is 3.09. The van der Waals surface area contributed by atoms with E-state index in [1.54, 1.807) is 10.9 Å². The molecule has 0 aliphatic carbocycles. The van der Waals surface area contributed by atoms with Crippen molar-refractivity contribution >= 4 is 45.5 Å². The number of halogens is 1. The maximum absolute atomic E-state index is 5.94. The quantitative estimate of drug-likeness (QED) is 0.445. The van der Waals surface area contributed by atoms with Gasteiger partial charge in [0, 0.05) is 19.3 Å². The van der Waals surface area contributed by atoms with Crippen LogP contribution in [-0.4, -0.2) is 29.3 Å². The minimum absolute atomic E-state index is 0.212. The number of nitrogens with one attached hydrogen (secondary N) is 1. The highest BCUT2D eigenvalue weighted by atomic mass is 127. The van der Waals surface area contributed by atoms with Crippen LogP contribution >= 0.6 is 22.6 Å². The topological polar surface area (TPSA) is 99.5 Å². The molecule has 26 heavy (non-hydrogen) atoms. The molecule has 0 spiro atoms. The number of rotatable bonds is 5. The summed E-state index contributed by atoms with van der Waals surface area (Å²) in [6.45, 7) is 3.35. The monoisotopic (exact) mass is 460 g/mol. The first-order chi connectivity index (χ1) is 12.7. The second-order valence-corrected chi connectivity index (χ2v) is 6.95. The molecular formula is C17H17IN8. The van der Waals surface area contributed by atoms with Crippen molar-refractivity contribution in [2.45, 2.75) is 20.0 Å². The van der Waals surface area contributed by atoms with Crippen molar-refractivity contribution in [1.82, 2.24) is 29.3 Å². The molecule has 0 saturated heterocycles. The van der Waals surface area contributed by atoms with Gasteiger partial charge in [0.1, 0.15) is 0 Å². The number of fused-ring (bicyclic) bond motifs is 1. The van der Waals surface area contributed by atoms with Gasteiger partial charge in [-0.3, -0.25) is 4.57 Å². The van der Waals surface area contributed by atoms with Gasteiger partial charge in [-0.1, -0.05) is 30.3 Å². The average Bonchev–Trinajstić information content (AvgIpc) is 3.23. The molecule has 8 nitrogen and oxygen atoms in total. The zero-order valence-corrected chi connectivity index (χ0v) is 16.3. The van der Waals surface area contributed by atoms with Crippen LogP contribution in [0.3, 0.4) is 0 Å². The summed E-state index contributed by atoms with van der Waals surface area (Å²) >= 11 is 2.22. The normalized spacial score (nSPS) is 11.2. The van der Waals surface area contributed by atoms with Crippen LogP contribution in [0.15, 0.2) is 42.7 Å². The van der Waals surface area contributed by atoms with Gasteiger partial charge >= 0.3 is 0 Å². The summed E-state index contributed by atoms with van der Waals surface area (Å²) < 4.78 is 4.75. The van der Waals surface area contributed by atoms with Gasteiger partial charge in [-0.2, -0.15) is 15.1 Å². The summed E-state index contributed by atoms with van der Waals surface area (Å²) in [6, 6.07) is 10.1. The average molecular weight is 460 g/mol. The highest BCUT2D eigenvalue weighted by Gasteiger charge is 2.18. The maximum atomic E-state index is 5.94. The van der Waals surface area contributed by atoms with E-state index in [0.717, 1.165) is 9.13 Å². The number of nitrogen functional groups attached to an aromatic ring is 1. The SMILES string of the molecule is CCn1c(-n2cc(I)cn2)nc2c(NCc3ccccc3)nc(N)nc21. The summed E-state index contributed by atoms with van der Waals surface area (Å²) in [7, 11) is 0. The van der Waals surface area contributed by atoms with Gasteiger partial charge in [-0.15, -0.1) is 0 Å². The van der Waals surface area contributed by atoms with Gasteiger partial charge in [-0.25, -0.2) is 9.67 Å². The molecule has 0 unspecified atom stereocenters. The Labute approximate surface area is 163 Å². The molecule has 0 atom stereocenters. The van der Waals surface area contributed by atoms with E-state index in [1.807, 2.05) is 35.9 Å². The number of aryl methyl sites for hydroxylation is 1. The number of nitrogens with zero attached hydrogens (tertiary/aromatic N) is 6. The third-order valence-corrected chi connectivity index (χ3v) is 4.52. The Bertz CT molecular complexity index is 1050. The molecule has 0 aliphatic heterocycles. The highest BCUT2D eigenvalue weighted by molar-refractivity contribution is 14.1. The predicted octanol–water partition coefficient (Wildman–Crippen LogP) is 2.83. The fourth-order valence-electron chi connectivity index (χ4n) is 2.79. The van der Waals surface area contributed by atoms with Crippen molar-refractivity contribution in [3.05, 3.63) is 51.9 Å². The molecule has 0 bridgehead atoms. The van der Waals surface area contributed by atoms with Crippen molar-refractivity contribution in [1.29, 1.82) is 0 Å². The molecule has 0 saturated carbocycles. The Morgan fingerprint density at radius 1 is 1.15 bits per heavy atom. The highest BCUT2D eigenvalue weighted by Crippen LogP contribution is 2.24. The fourth-order valence-corrected chi connectivity index (χ4v) is 3.18. The van der Waals surface area contributed by atoms with E-state index >= 15 is 0 Å². The van der Waals surface area contributed by atoms with Crippen molar-refractivity contribution < 1.29 is 0 Å². The van der Waals surface area contributed by atoms with Crippen molar-refractivity contribution in [2.24, 2.45) is 0 Å². The number of benzene rings is 1. The fraction of sp³-hybridized carbons (Fsp3) is 0.176. The number of anilines is 2. The lowest BCUT2D eigenvalue weighted by atomic mass is 10.2. The van der Waals surface area contributed by atoms with Crippen LogP contribution in [0.4, 0.5) is 11.8 Å². The summed E-state index contributed by atoms with van der Waals surface area (Å²) in [5.41, 5.74) is 8.46. The lowest BCUT2D eigenvalue weighted by Crippen LogP contribution is -2.08. The smallest absolute Gasteiger partial charge is 0.233 e. The Kier molecular flexibility index (Phi) is 4.45. The Morgan fingerprint density at radius 3 is 2.65 bits per heavy atom. The zero-order chi connectivity index (χ0) is 18.1.